The van der Waals surface area contributed by atoms with Crippen molar-refractivity contribution in [1.82, 2.24) is 4.98 Å². The Hall–Kier alpha value is -2.42. The highest BCUT2D eigenvalue weighted by molar-refractivity contribution is 8.00. The summed E-state index contributed by atoms with van der Waals surface area (Å²) in [6.07, 6.45) is 0. The fourth-order valence-corrected chi connectivity index (χ4v) is 6.53. The van der Waals surface area contributed by atoms with Crippen molar-refractivity contribution in [2.45, 2.75) is 16.2 Å². The Morgan fingerprint density at radius 3 is 2.34 bits per heavy atom. The third kappa shape index (κ3) is 2.94. The number of hydrogen-bond acceptors (Lipinski definition) is 5. The lowest BCUT2D eigenvalue weighted by Crippen LogP contribution is -2.32. The zero-order valence-corrected chi connectivity index (χ0v) is 17.0. The van der Waals surface area contributed by atoms with Gasteiger partial charge >= 0.3 is 4.87 Å². The number of rotatable bonds is 2. The summed E-state index contributed by atoms with van der Waals surface area (Å²) in [7, 11) is 0. The molecule has 0 bridgehead atoms. The van der Waals surface area contributed by atoms with Gasteiger partial charge in [0.15, 0.2) is 0 Å². The second kappa shape index (κ2) is 6.83. The summed E-state index contributed by atoms with van der Waals surface area (Å²) in [5.74, 6) is -2.26. The fraction of sp³-hybridized carbons (Fsp3) is 0.150. The maximum Gasteiger partial charge on any atom is 0.305 e. The second-order valence-electron chi connectivity index (χ2n) is 6.79. The first kappa shape index (κ1) is 18.6. The van der Waals surface area contributed by atoms with Crippen LogP contribution in [0, 0.1) is 11.7 Å². The molecule has 9 heteroatoms. The number of anilines is 1. The molecular weight excluding hydrogens is 435 g/mol. The number of benzene rings is 2. The molecule has 5 rings (SSSR count). The van der Waals surface area contributed by atoms with Crippen LogP contribution in [0.4, 0.5) is 10.1 Å². The van der Waals surface area contributed by atoms with Gasteiger partial charge in [-0.3, -0.25) is 14.4 Å². The van der Waals surface area contributed by atoms with Crippen LogP contribution in [0.5, 0.6) is 0 Å². The molecule has 3 atom stereocenters. The lowest BCUT2D eigenvalue weighted by molar-refractivity contribution is -0.122. The summed E-state index contributed by atoms with van der Waals surface area (Å²) < 4.78 is 13.5. The topological polar surface area (TPSA) is 70.2 Å². The first-order valence-corrected chi connectivity index (χ1v) is 10.8. The van der Waals surface area contributed by atoms with Crippen LogP contribution in [0.3, 0.4) is 0 Å². The van der Waals surface area contributed by atoms with E-state index in [4.69, 9.17) is 11.6 Å². The quantitative estimate of drug-likeness (QED) is 0.603. The van der Waals surface area contributed by atoms with Gasteiger partial charge < -0.3 is 4.98 Å². The number of thiazole rings is 1. The van der Waals surface area contributed by atoms with Gasteiger partial charge in [0, 0.05) is 15.8 Å². The highest BCUT2D eigenvalue weighted by Crippen LogP contribution is 2.53. The lowest BCUT2D eigenvalue weighted by atomic mass is 9.83. The van der Waals surface area contributed by atoms with Crippen LogP contribution < -0.4 is 9.77 Å². The van der Waals surface area contributed by atoms with Crippen LogP contribution in [-0.4, -0.2) is 22.0 Å². The maximum atomic E-state index is 13.5. The van der Waals surface area contributed by atoms with Gasteiger partial charge in [0.05, 0.1) is 16.6 Å². The fourth-order valence-electron chi connectivity index (χ4n) is 3.89. The Balaban J connectivity index is 1.64. The van der Waals surface area contributed by atoms with E-state index in [0.717, 1.165) is 11.3 Å². The van der Waals surface area contributed by atoms with Crippen molar-refractivity contribution < 1.29 is 14.0 Å². The van der Waals surface area contributed by atoms with E-state index in [0.29, 0.717) is 26.2 Å². The number of amides is 2. The smallest absolute Gasteiger partial charge is 0.305 e. The standard InChI is InChI=1S/C20H12ClFN2O3S2/c21-10-3-7-12(8-4-10)24-18(25)14-13(9-1-5-11(22)6-2-9)15-17(23-20(27)29-15)28-16(14)19(24)26/h1-8,13-14,16H,(H,23,27)/t13-,14?,16?/m1/s1. The molecule has 0 aliphatic carbocycles. The van der Waals surface area contributed by atoms with Crippen molar-refractivity contribution in [3.8, 4) is 0 Å². The van der Waals surface area contributed by atoms with Gasteiger partial charge in [-0.1, -0.05) is 46.8 Å². The molecule has 3 heterocycles. The van der Waals surface area contributed by atoms with E-state index in [-0.39, 0.29) is 16.7 Å². The highest BCUT2D eigenvalue weighted by Gasteiger charge is 2.56. The first-order valence-electron chi connectivity index (χ1n) is 8.72. The van der Waals surface area contributed by atoms with Gasteiger partial charge in [-0.05, 0) is 42.0 Å². The normalized spacial score (nSPS) is 23.2. The number of fused-ring (bicyclic) bond motifs is 2. The van der Waals surface area contributed by atoms with Gasteiger partial charge in [0.1, 0.15) is 11.1 Å². The Kier molecular flexibility index (Phi) is 4.38. The molecule has 1 saturated heterocycles. The third-order valence-electron chi connectivity index (χ3n) is 5.14. The van der Waals surface area contributed by atoms with Crippen LogP contribution in [0.25, 0.3) is 0 Å². The predicted molar refractivity (Wildman–Crippen MR) is 110 cm³/mol. The molecule has 29 heavy (non-hydrogen) atoms. The number of carbonyl (C=O) groups is 2. The van der Waals surface area contributed by atoms with E-state index in [1.807, 2.05) is 0 Å². The molecule has 2 aromatic carbocycles. The average molecular weight is 447 g/mol. The van der Waals surface area contributed by atoms with Crippen LogP contribution >= 0.6 is 34.7 Å². The van der Waals surface area contributed by atoms with Gasteiger partial charge in [0.2, 0.25) is 11.8 Å². The zero-order chi connectivity index (χ0) is 20.3. The van der Waals surface area contributed by atoms with Crippen LogP contribution in [0.2, 0.25) is 5.02 Å². The minimum atomic E-state index is -0.687. The number of aromatic amines is 1. The number of nitrogens with one attached hydrogen (secondary N) is 1. The van der Waals surface area contributed by atoms with Crippen molar-refractivity contribution >= 4 is 52.2 Å². The van der Waals surface area contributed by atoms with Crippen molar-refractivity contribution in [2.75, 3.05) is 4.90 Å². The Bertz CT molecular complexity index is 1190. The molecule has 1 aromatic heterocycles. The third-order valence-corrected chi connectivity index (χ3v) is 7.79. The largest absolute Gasteiger partial charge is 0.307 e. The molecule has 1 N–H and O–H groups in total. The minimum Gasteiger partial charge on any atom is -0.307 e. The summed E-state index contributed by atoms with van der Waals surface area (Å²) in [6, 6.07) is 12.3. The zero-order valence-electron chi connectivity index (χ0n) is 14.6. The highest BCUT2D eigenvalue weighted by atomic mass is 35.5. The van der Waals surface area contributed by atoms with Gasteiger partial charge in [0.25, 0.3) is 0 Å². The molecule has 3 aromatic rings. The molecule has 1 fully saturated rings. The second-order valence-corrected chi connectivity index (χ2v) is 9.39. The maximum absolute atomic E-state index is 13.5. The van der Waals surface area contributed by atoms with Crippen LogP contribution in [-0.2, 0) is 9.59 Å². The molecule has 0 saturated carbocycles. The molecule has 2 aliphatic heterocycles. The van der Waals surface area contributed by atoms with E-state index in [1.54, 1.807) is 36.4 Å². The summed E-state index contributed by atoms with van der Waals surface area (Å²) in [5, 5.41) is 0.421. The Labute approximate surface area is 177 Å². The molecular formula is C20H12ClFN2O3S2. The summed E-state index contributed by atoms with van der Waals surface area (Å²) in [4.78, 5) is 43.0. The first-order chi connectivity index (χ1) is 13.9. The van der Waals surface area contributed by atoms with Crippen molar-refractivity contribution in [1.29, 1.82) is 0 Å². The molecule has 2 unspecified atom stereocenters. The molecule has 0 spiro atoms. The molecule has 2 aliphatic rings. The van der Waals surface area contributed by atoms with Gasteiger partial charge in [-0.15, -0.1) is 0 Å². The number of nitrogens with zero attached hydrogens (tertiary/aromatic N) is 1. The van der Waals surface area contributed by atoms with Crippen molar-refractivity contribution in [3.63, 3.8) is 0 Å². The van der Waals surface area contributed by atoms with E-state index < -0.39 is 22.9 Å². The molecule has 146 valence electrons. The number of carbonyl (C=O) groups excluding carboxylic acids is 2. The molecule has 2 amide bonds. The van der Waals surface area contributed by atoms with Crippen molar-refractivity contribution in [3.05, 3.63) is 79.5 Å². The Morgan fingerprint density at radius 1 is 0.966 bits per heavy atom. The van der Waals surface area contributed by atoms with Gasteiger partial charge in [-0.2, -0.15) is 0 Å². The minimum absolute atomic E-state index is 0.246. The van der Waals surface area contributed by atoms with E-state index in [9.17, 15) is 18.8 Å². The van der Waals surface area contributed by atoms with Crippen LogP contribution in [0.1, 0.15) is 16.4 Å². The molecule has 0 radical (unpaired) electrons. The average Bonchev–Trinajstić information content (AvgIpc) is 3.19. The Morgan fingerprint density at radius 2 is 1.66 bits per heavy atom. The van der Waals surface area contributed by atoms with Gasteiger partial charge in [-0.25, -0.2) is 9.29 Å². The number of hydrogen-bond donors (Lipinski definition) is 1. The number of aromatic nitrogens is 1. The number of halogens is 2. The van der Waals surface area contributed by atoms with E-state index in [1.165, 1.54) is 28.8 Å². The molecule has 5 nitrogen and oxygen atoms in total. The summed E-state index contributed by atoms with van der Waals surface area (Å²) >= 11 is 8.16. The predicted octanol–water partition coefficient (Wildman–Crippen LogP) is 4.02. The van der Waals surface area contributed by atoms with E-state index >= 15 is 0 Å². The number of imide groups is 1. The number of thioether (sulfide) groups is 1. The lowest BCUT2D eigenvalue weighted by Gasteiger charge is -2.29. The van der Waals surface area contributed by atoms with E-state index in [2.05, 4.69) is 4.98 Å². The van der Waals surface area contributed by atoms with Crippen LogP contribution in [0.15, 0.2) is 58.4 Å². The summed E-state index contributed by atoms with van der Waals surface area (Å²) in [6.45, 7) is 0. The van der Waals surface area contributed by atoms with Crippen molar-refractivity contribution in [2.24, 2.45) is 5.92 Å². The summed E-state index contributed by atoms with van der Waals surface area (Å²) in [5.41, 5.74) is 1.14. The SMILES string of the molecule is O=C1C2Sc3[nH]c(=O)sc3[C@H](c3ccc(F)cc3)C2C(=O)N1c1ccc(Cl)cc1. The monoisotopic (exact) mass is 446 g/mol. The number of H-pyrrole nitrogens is 1.